The van der Waals surface area contributed by atoms with E-state index in [4.69, 9.17) is 4.74 Å². The molecule has 1 atom stereocenters. The van der Waals surface area contributed by atoms with Crippen LogP contribution in [-0.2, 0) is 19.6 Å². The molecule has 0 unspecified atom stereocenters. The van der Waals surface area contributed by atoms with Crippen LogP contribution in [0.4, 0.5) is 4.39 Å². The van der Waals surface area contributed by atoms with Crippen LogP contribution in [0.1, 0.15) is 19.8 Å². The molecule has 23 heavy (non-hydrogen) atoms. The van der Waals surface area contributed by atoms with Gasteiger partial charge >= 0.3 is 0 Å². The molecule has 6 nitrogen and oxygen atoms in total. The first-order chi connectivity index (χ1) is 10.9. The molecular formula is C15H21FN2O4S. The molecule has 0 aromatic heterocycles. The van der Waals surface area contributed by atoms with Gasteiger partial charge in [0.05, 0.1) is 17.6 Å². The Hall–Kier alpha value is -1.51. The summed E-state index contributed by atoms with van der Waals surface area (Å²) >= 11 is 0. The van der Waals surface area contributed by atoms with Crippen molar-refractivity contribution in [3.05, 3.63) is 30.1 Å². The van der Waals surface area contributed by atoms with Gasteiger partial charge in [-0.25, -0.2) is 17.5 Å². The summed E-state index contributed by atoms with van der Waals surface area (Å²) in [6.07, 6.45) is 0.716. The molecule has 0 bridgehead atoms. The van der Waals surface area contributed by atoms with Crippen LogP contribution >= 0.6 is 0 Å². The predicted molar refractivity (Wildman–Crippen MR) is 82.8 cm³/mol. The number of nitrogens with zero attached hydrogens (tertiary/aromatic N) is 1. The molecule has 0 radical (unpaired) electrons. The van der Waals surface area contributed by atoms with Gasteiger partial charge in [-0.05, 0) is 37.6 Å². The summed E-state index contributed by atoms with van der Waals surface area (Å²) < 4.78 is 44.6. The summed E-state index contributed by atoms with van der Waals surface area (Å²) in [5, 5.41) is 0. The number of hydrogen-bond donors (Lipinski definition) is 1. The molecule has 128 valence electrons. The van der Waals surface area contributed by atoms with Gasteiger partial charge < -0.3 is 9.64 Å². The van der Waals surface area contributed by atoms with Crippen LogP contribution < -0.4 is 4.72 Å². The van der Waals surface area contributed by atoms with Gasteiger partial charge in [0, 0.05) is 26.1 Å². The van der Waals surface area contributed by atoms with Gasteiger partial charge in [-0.2, -0.15) is 0 Å². The van der Waals surface area contributed by atoms with Crippen LogP contribution in [0, 0.1) is 5.82 Å². The van der Waals surface area contributed by atoms with E-state index >= 15 is 0 Å². The maximum absolute atomic E-state index is 12.8. The highest BCUT2D eigenvalue weighted by Crippen LogP contribution is 2.10. The summed E-state index contributed by atoms with van der Waals surface area (Å²) in [4.78, 5) is 13.8. The molecule has 1 N–H and O–H groups in total. The maximum atomic E-state index is 12.8. The highest BCUT2D eigenvalue weighted by atomic mass is 32.2. The molecule has 8 heteroatoms. The maximum Gasteiger partial charge on any atom is 0.240 e. The highest BCUT2D eigenvalue weighted by Gasteiger charge is 2.21. The first-order valence-corrected chi connectivity index (χ1v) is 9.01. The lowest BCUT2D eigenvalue weighted by molar-refractivity contribution is -0.138. The molecular weight excluding hydrogens is 323 g/mol. The van der Waals surface area contributed by atoms with E-state index in [1.165, 1.54) is 12.1 Å². The minimum absolute atomic E-state index is 0.00105. The largest absolute Gasteiger partial charge is 0.375 e. The van der Waals surface area contributed by atoms with Gasteiger partial charge in [0.25, 0.3) is 0 Å². The van der Waals surface area contributed by atoms with E-state index in [0.29, 0.717) is 26.1 Å². The first kappa shape index (κ1) is 17.8. The molecule has 1 aromatic rings. The third-order valence-electron chi connectivity index (χ3n) is 3.58. The number of carbonyl (C=O) groups is 1. The molecule has 1 aliphatic heterocycles. The second-order valence-electron chi connectivity index (χ2n) is 5.48. The van der Waals surface area contributed by atoms with Crippen molar-refractivity contribution >= 4 is 15.9 Å². The molecule has 1 saturated heterocycles. The van der Waals surface area contributed by atoms with Crippen molar-refractivity contribution in [3.8, 4) is 0 Å². The Balaban J connectivity index is 1.76. The quantitative estimate of drug-likeness (QED) is 0.785. The first-order valence-electron chi connectivity index (χ1n) is 7.53. The van der Waals surface area contributed by atoms with Crippen LogP contribution in [0.15, 0.2) is 29.2 Å². The van der Waals surface area contributed by atoms with Gasteiger partial charge in [0.1, 0.15) is 5.82 Å². The molecule has 1 amide bonds. The number of sulfonamides is 1. The summed E-state index contributed by atoms with van der Waals surface area (Å²) in [6, 6.07) is 4.60. The van der Waals surface area contributed by atoms with Crippen LogP contribution in [0.5, 0.6) is 0 Å². The van der Waals surface area contributed by atoms with E-state index in [1.807, 2.05) is 6.92 Å². The number of carbonyl (C=O) groups excluding carboxylic acids is 1. The van der Waals surface area contributed by atoms with Crippen LogP contribution in [0.25, 0.3) is 0 Å². The lowest BCUT2D eigenvalue weighted by Crippen LogP contribution is -2.44. The zero-order chi connectivity index (χ0) is 16.9. The Kier molecular flexibility index (Phi) is 6.09. The van der Waals surface area contributed by atoms with Crippen molar-refractivity contribution in [2.24, 2.45) is 0 Å². The van der Waals surface area contributed by atoms with Crippen molar-refractivity contribution in [3.63, 3.8) is 0 Å². The Morgan fingerprint density at radius 2 is 2.09 bits per heavy atom. The Morgan fingerprint density at radius 1 is 1.39 bits per heavy atom. The van der Waals surface area contributed by atoms with Gasteiger partial charge in [-0.3, -0.25) is 4.79 Å². The second kappa shape index (κ2) is 7.85. The fourth-order valence-corrected chi connectivity index (χ4v) is 3.42. The van der Waals surface area contributed by atoms with Gasteiger partial charge in [-0.1, -0.05) is 0 Å². The SMILES string of the molecule is C[C@H]1CN(C(=O)CCCNS(=O)(=O)c2ccc(F)cc2)CCO1. The predicted octanol–water partition coefficient (Wildman–Crippen LogP) is 1.13. The van der Waals surface area contributed by atoms with Crippen molar-refractivity contribution in [1.82, 2.24) is 9.62 Å². The van der Waals surface area contributed by atoms with E-state index in [-0.39, 0.29) is 29.9 Å². The molecule has 1 fully saturated rings. The normalized spacial score (nSPS) is 18.9. The summed E-state index contributed by atoms with van der Waals surface area (Å²) in [7, 11) is -3.67. The molecule has 1 heterocycles. The van der Waals surface area contributed by atoms with Crippen molar-refractivity contribution < 1.29 is 22.3 Å². The average molecular weight is 344 g/mol. The van der Waals surface area contributed by atoms with E-state index in [9.17, 15) is 17.6 Å². The lowest BCUT2D eigenvalue weighted by atomic mass is 10.2. The smallest absolute Gasteiger partial charge is 0.240 e. The van der Waals surface area contributed by atoms with Gasteiger partial charge in [0.2, 0.25) is 15.9 Å². The molecule has 1 aromatic carbocycles. The monoisotopic (exact) mass is 344 g/mol. The fourth-order valence-electron chi connectivity index (χ4n) is 2.35. The van der Waals surface area contributed by atoms with Crippen molar-refractivity contribution in [1.29, 1.82) is 0 Å². The zero-order valence-electron chi connectivity index (χ0n) is 13.0. The number of rotatable bonds is 6. The van der Waals surface area contributed by atoms with Crippen LogP contribution in [-0.4, -0.2) is 51.6 Å². The zero-order valence-corrected chi connectivity index (χ0v) is 13.8. The minimum atomic E-state index is -3.67. The Labute approximate surface area is 135 Å². The molecule has 0 aliphatic carbocycles. The van der Waals surface area contributed by atoms with E-state index in [1.54, 1.807) is 4.90 Å². The summed E-state index contributed by atoms with van der Waals surface area (Å²) in [5.74, 6) is -0.490. The number of ether oxygens (including phenoxy) is 1. The third kappa shape index (κ3) is 5.26. The number of nitrogens with one attached hydrogen (secondary N) is 1. The number of halogens is 1. The van der Waals surface area contributed by atoms with Crippen molar-refractivity contribution in [2.75, 3.05) is 26.2 Å². The van der Waals surface area contributed by atoms with E-state index in [0.717, 1.165) is 12.1 Å². The van der Waals surface area contributed by atoms with E-state index < -0.39 is 15.8 Å². The average Bonchev–Trinajstić information content (AvgIpc) is 2.52. The minimum Gasteiger partial charge on any atom is -0.375 e. The number of hydrogen-bond acceptors (Lipinski definition) is 4. The summed E-state index contributed by atoms with van der Waals surface area (Å²) in [5.41, 5.74) is 0. The third-order valence-corrected chi connectivity index (χ3v) is 5.05. The second-order valence-corrected chi connectivity index (χ2v) is 7.24. The molecule has 0 saturated carbocycles. The standard InChI is InChI=1S/C15H21FN2O4S/c1-12-11-18(9-10-22-12)15(19)3-2-8-17-23(20,21)14-6-4-13(16)5-7-14/h4-7,12,17H,2-3,8-11H2,1H3/t12-/m0/s1. The Morgan fingerprint density at radius 3 is 2.74 bits per heavy atom. The number of benzene rings is 1. The van der Waals surface area contributed by atoms with E-state index in [2.05, 4.69) is 4.72 Å². The number of amides is 1. The van der Waals surface area contributed by atoms with Crippen molar-refractivity contribution in [2.45, 2.75) is 30.8 Å². The highest BCUT2D eigenvalue weighted by molar-refractivity contribution is 7.89. The molecule has 1 aliphatic rings. The van der Waals surface area contributed by atoms with Crippen LogP contribution in [0.3, 0.4) is 0 Å². The topological polar surface area (TPSA) is 75.7 Å². The lowest BCUT2D eigenvalue weighted by Gasteiger charge is -2.31. The van der Waals surface area contributed by atoms with Gasteiger partial charge in [0.15, 0.2) is 0 Å². The molecule has 2 rings (SSSR count). The number of morpholine rings is 1. The molecule has 0 spiro atoms. The fraction of sp³-hybridized carbons (Fsp3) is 0.533. The van der Waals surface area contributed by atoms with Gasteiger partial charge in [-0.15, -0.1) is 0 Å². The Bertz CT molecular complexity index is 633. The summed E-state index contributed by atoms with van der Waals surface area (Å²) in [6.45, 7) is 3.75. The van der Waals surface area contributed by atoms with Crippen LogP contribution in [0.2, 0.25) is 0 Å².